The van der Waals surface area contributed by atoms with Gasteiger partial charge < -0.3 is 5.32 Å². The molecule has 1 aliphatic heterocycles. The van der Waals surface area contributed by atoms with Crippen LogP contribution in [0.15, 0.2) is 0 Å². The monoisotopic (exact) mass is 181 g/mol. The lowest BCUT2D eigenvalue weighted by atomic mass is 9.35. The number of nitrogens with one attached hydrogen (secondary N) is 1. The lowest BCUT2D eigenvalue weighted by Crippen LogP contribution is -2.35. The van der Waals surface area contributed by atoms with Crippen LogP contribution < -0.4 is 5.32 Å². The van der Waals surface area contributed by atoms with E-state index in [1.807, 2.05) is 0 Å². The van der Waals surface area contributed by atoms with Crippen molar-refractivity contribution in [2.75, 3.05) is 13.1 Å². The first kappa shape index (κ1) is 11.1. The molecule has 0 spiro atoms. The molecule has 1 N–H and O–H groups in total. The fraction of sp³-hybridized carbons (Fsp3) is 1.00. The summed E-state index contributed by atoms with van der Waals surface area (Å²) in [5.74, 6) is 1.02. The van der Waals surface area contributed by atoms with Crippen LogP contribution in [-0.4, -0.2) is 19.8 Å². The second-order valence-corrected chi connectivity index (χ2v) is 4.40. The topological polar surface area (TPSA) is 12.0 Å². The third kappa shape index (κ3) is 3.72. The Hall–Kier alpha value is 0.0249. The molecule has 0 aliphatic carbocycles. The standard InChI is InChI=1S/C11H24BN/c1-3-5-6-11(4-2)12-7-9-13-10-8-12/h11,13H,3-10H2,1-2H3. The highest BCUT2D eigenvalue weighted by Crippen LogP contribution is 2.27. The number of unbranched alkanes of at least 4 members (excludes halogenated alkanes) is 1. The molecular weight excluding hydrogens is 157 g/mol. The van der Waals surface area contributed by atoms with E-state index in [1.165, 1.54) is 51.4 Å². The molecule has 0 radical (unpaired) electrons. The first-order chi connectivity index (χ1) is 6.38. The quantitative estimate of drug-likeness (QED) is 0.642. The van der Waals surface area contributed by atoms with Crippen molar-refractivity contribution in [2.45, 2.75) is 58.0 Å². The smallest absolute Gasteiger partial charge is 0.145 e. The zero-order valence-electron chi connectivity index (χ0n) is 9.31. The predicted molar refractivity (Wildman–Crippen MR) is 61.8 cm³/mol. The molecule has 0 aromatic rings. The van der Waals surface area contributed by atoms with Crippen molar-refractivity contribution in [3.63, 3.8) is 0 Å². The van der Waals surface area contributed by atoms with Crippen molar-refractivity contribution in [3.05, 3.63) is 0 Å². The molecule has 1 rings (SSSR count). The highest BCUT2D eigenvalue weighted by molar-refractivity contribution is 6.60. The van der Waals surface area contributed by atoms with Gasteiger partial charge in [-0.15, -0.1) is 0 Å². The van der Waals surface area contributed by atoms with E-state index in [4.69, 9.17) is 0 Å². The summed E-state index contributed by atoms with van der Waals surface area (Å²) in [6.45, 7) is 8.20. The summed E-state index contributed by atoms with van der Waals surface area (Å²) in [6, 6.07) is 0. The van der Waals surface area contributed by atoms with E-state index in [1.54, 1.807) is 0 Å². The van der Waals surface area contributed by atoms with E-state index in [2.05, 4.69) is 19.2 Å². The predicted octanol–water partition coefficient (Wildman–Crippen LogP) is 3.05. The second-order valence-electron chi connectivity index (χ2n) is 4.40. The fourth-order valence-corrected chi connectivity index (χ4v) is 2.56. The van der Waals surface area contributed by atoms with Crippen LogP contribution >= 0.6 is 0 Å². The number of rotatable bonds is 5. The lowest BCUT2D eigenvalue weighted by Gasteiger charge is -2.27. The zero-order chi connectivity index (χ0) is 9.52. The first-order valence-electron chi connectivity index (χ1n) is 6.09. The van der Waals surface area contributed by atoms with Gasteiger partial charge in [0.2, 0.25) is 0 Å². The van der Waals surface area contributed by atoms with Crippen LogP contribution in [0.5, 0.6) is 0 Å². The van der Waals surface area contributed by atoms with Gasteiger partial charge in [-0.3, -0.25) is 0 Å². The molecule has 1 heterocycles. The van der Waals surface area contributed by atoms with Crippen molar-refractivity contribution in [1.29, 1.82) is 0 Å². The van der Waals surface area contributed by atoms with E-state index in [0.29, 0.717) is 0 Å². The fourth-order valence-electron chi connectivity index (χ4n) is 2.56. The normalized spacial score (nSPS) is 20.3. The maximum Gasteiger partial charge on any atom is 0.145 e. The number of hydrogen-bond acceptors (Lipinski definition) is 1. The molecule has 1 aliphatic rings. The molecule has 0 aromatic carbocycles. The van der Waals surface area contributed by atoms with Gasteiger partial charge in [-0.05, 0) is 13.1 Å². The summed E-state index contributed by atoms with van der Waals surface area (Å²) < 4.78 is 0. The molecule has 0 bridgehead atoms. The largest absolute Gasteiger partial charge is 0.318 e. The van der Waals surface area contributed by atoms with Gasteiger partial charge >= 0.3 is 0 Å². The molecule has 0 saturated carbocycles. The van der Waals surface area contributed by atoms with Crippen LogP contribution in [0.3, 0.4) is 0 Å². The van der Waals surface area contributed by atoms with Gasteiger partial charge in [0, 0.05) is 0 Å². The maximum absolute atomic E-state index is 3.45. The summed E-state index contributed by atoms with van der Waals surface area (Å²) in [5.41, 5.74) is 0. The molecular formula is C11H24BN. The first-order valence-corrected chi connectivity index (χ1v) is 6.09. The summed E-state index contributed by atoms with van der Waals surface area (Å²) >= 11 is 0. The highest BCUT2D eigenvalue weighted by Gasteiger charge is 2.24. The van der Waals surface area contributed by atoms with E-state index < -0.39 is 0 Å². The van der Waals surface area contributed by atoms with E-state index in [-0.39, 0.29) is 0 Å². The van der Waals surface area contributed by atoms with Crippen LogP contribution in [-0.2, 0) is 0 Å². The molecule has 0 aromatic heterocycles. The maximum atomic E-state index is 3.45. The Labute approximate surface area is 83.8 Å². The second kappa shape index (κ2) is 6.47. The Kier molecular flexibility index (Phi) is 5.53. The zero-order valence-corrected chi connectivity index (χ0v) is 9.31. The van der Waals surface area contributed by atoms with Crippen LogP contribution in [0.2, 0.25) is 18.5 Å². The van der Waals surface area contributed by atoms with E-state index >= 15 is 0 Å². The van der Waals surface area contributed by atoms with Gasteiger partial charge in [-0.25, -0.2) is 0 Å². The summed E-state index contributed by atoms with van der Waals surface area (Å²) in [6.07, 6.45) is 8.50. The molecule has 1 unspecified atom stereocenters. The lowest BCUT2D eigenvalue weighted by molar-refractivity contribution is 0.620. The van der Waals surface area contributed by atoms with Crippen molar-refractivity contribution < 1.29 is 0 Å². The summed E-state index contributed by atoms with van der Waals surface area (Å²) in [7, 11) is 0. The molecule has 1 nitrogen and oxygen atoms in total. The Bertz CT molecular complexity index is 121. The minimum Gasteiger partial charge on any atom is -0.318 e. The van der Waals surface area contributed by atoms with Crippen molar-refractivity contribution >= 4 is 6.71 Å². The van der Waals surface area contributed by atoms with Gasteiger partial charge in [0.15, 0.2) is 0 Å². The molecule has 1 saturated heterocycles. The Morgan fingerprint density at radius 2 is 1.92 bits per heavy atom. The van der Waals surface area contributed by atoms with Crippen molar-refractivity contribution in [1.82, 2.24) is 5.32 Å². The Morgan fingerprint density at radius 3 is 2.46 bits per heavy atom. The Morgan fingerprint density at radius 1 is 1.23 bits per heavy atom. The average molecular weight is 181 g/mol. The van der Waals surface area contributed by atoms with Gasteiger partial charge in [-0.1, -0.05) is 58.0 Å². The van der Waals surface area contributed by atoms with Crippen LogP contribution in [0.25, 0.3) is 0 Å². The average Bonchev–Trinajstić information content (AvgIpc) is 2.21. The van der Waals surface area contributed by atoms with Gasteiger partial charge in [0.05, 0.1) is 0 Å². The SMILES string of the molecule is CCCCC(CC)B1CCNCC1. The van der Waals surface area contributed by atoms with E-state index in [9.17, 15) is 0 Å². The van der Waals surface area contributed by atoms with E-state index in [0.717, 1.165) is 12.5 Å². The van der Waals surface area contributed by atoms with Crippen LogP contribution in [0.4, 0.5) is 0 Å². The molecule has 76 valence electrons. The van der Waals surface area contributed by atoms with Crippen LogP contribution in [0.1, 0.15) is 39.5 Å². The molecule has 13 heavy (non-hydrogen) atoms. The van der Waals surface area contributed by atoms with Gasteiger partial charge in [-0.2, -0.15) is 0 Å². The summed E-state index contributed by atoms with van der Waals surface area (Å²) in [4.78, 5) is 0. The van der Waals surface area contributed by atoms with Crippen molar-refractivity contribution in [3.8, 4) is 0 Å². The summed E-state index contributed by atoms with van der Waals surface area (Å²) in [5, 5.41) is 3.45. The van der Waals surface area contributed by atoms with Gasteiger partial charge in [0.25, 0.3) is 0 Å². The minimum atomic E-state index is 1.02. The molecule has 1 fully saturated rings. The molecule has 2 heteroatoms. The van der Waals surface area contributed by atoms with Gasteiger partial charge in [0.1, 0.15) is 6.71 Å². The highest BCUT2D eigenvalue weighted by atomic mass is 14.8. The third-order valence-corrected chi connectivity index (χ3v) is 3.50. The van der Waals surface area contributed by atoms with Crippen LogP contribution in [0, 0.1) is 0 Å². The Balaban J connectivity index is 2.26. The molecule has 0 amide bonds. The third-order valence-electron chi connectivity index (χ3n) is 3.50. The van der Waals surface area contributed by atoms with Crippen molar-refractivity contribution in [2.24, 2.45) is 0 Å². The minimum absolute atomic E-state index is 1.02. The molecule has 1 atom stereocenters. The number of hydrogen-bond donors (Lipinski definition) is 1.